The maximum atomic E-state index is 11.2. The maximum absolute atomic E-state index is 11.2. The van der Waals surface area contributed by atoms with E-state index in [0.29, 0.717) is 37.9 Å². The molecule has 1 aromatic heterocycles. The Morgan fingerprint density at radius 3 is 3.00 bits per heavy atom. The molecule has 0 spiro atoms. The molecule has 1 aliphatic rings. The van der Waals surface area contributed by atoms with E-state index >= 15 is 0 Å². The van der Waals surface area contributed by atoms with Gasteiger partial charge >= 0.3 is 5.97 Å². The van der Waals surface area contributed by atoms with Crippen LogP contribution >= 0.6 is 0 Å². The Hall–Kier alpha value is -1.43. The lowest BCUT2D eigenvalue weighted by Gasteiger charge is -2.12. The number of carbonyl (C=O) groups is 1. The van der Waals surface area contributed by atoms with Crippen molar-refractivity contribution in [1.29, 1.82) is 0 Å². The monoisotopic (exact) mass is 253 g/mol. The van der Waals surface area contributed by atoms with Gasteiger partial charge in [-0.15, -0.1) is 0 Å². The predicted octanol–water partition coefficient (Wildman–Crippen LogP) is 1.33. The average molecular weight is 253 g/mol. The molecule has 2 rings (SSSR count). The molecule has 6 heteroatoms. The van der Waals surface area contributed by atoms with Gasteiger partial charge in [-0.1, -0.05) is 5.16 Å². The molecule has 1 aromatic rings. The Labute approximate surface area is 106 Å². The van der Waals surface area contributed by atoms with E-state index in [-0.39, 0.29) is 5.97 Å². The Bertz CT molecular complexity index is 401. The van der Waals surface area contributed by atoms with Crippen LogP contribution in [0.1, 0.15) is 43.8 Å². The molecule has 0 aliphatic heterocycles. The highest BCUT2D eigenvalue weighted by Crippen LogP contribution is 2.38. The molecule has 1 fully saturated rings. The van der Waals surface area contributed by atoms with E-state index in [1.807, 2.05) is 11.9 Å². The Morgan fingerprint density at radius 2 is 2.33 bits per heavy atom. The van der Waals surface area contributed by atoms with E-state index in [2.05, 4.69) is 10.1 Å². The molecule has 1 saturated carbocycles. The van der Waals surface area contributed by atoms with Crippen LogP contribution in [0.3, 0.4) is 0 Å². The Morgan fingerprint density at radius 1 is 1.56 bits per heavy atom. The van der Waals surface area contributed by atoms with Gasteiger partial charge in [0.25, 0.3) is 0 Å². The fourth-order valence-electron chi connectivity index (χ4n) is 1.66. The Balaban J connectivity index is 1.72. The van der Waals surface area contributed by atoms with Crippen LogP contribution in [0.2, 0.25) is 0 Å². The molecule has 0 aromatic carbocycles. The molecule has 0 saturated heterocycles. The van der Waals surface area contributed by atoms with E-state index in [4.69, 9.17) is 9.26 Å². The molecule has 18 heavy (non-hydrogen) atoms. The molecule has 0 radical (unpaired) electrons. The highest BCUT2D eigenvalue weighted by molar-refractivity contribution is 5.69. The molecule has 0 N–H and O–H groups in total. The summed E-state index contributed by atoms with van der Waals surface area (Å²) in [7, 11) is 1.92. The van der Waals surface area contributed by atoms with Crippen molar-refractivity contribution < 1.29 is 14.1 Å². The first-order valence-corrected chi connectivity index (χ1v) is 6.35. The molecule has 0 amide bonds. The fraction of sp³-hybridized carbons (Fsp3) is 0.750. The van der Waals surface area contributed by atoms with Gasteiger partial charge in [-0.05, 0) is 26.8 Å². The van der Waals surface area contributed by atoms with Crippen LogP contribution in [0.5, 0.6) is 0 Å². The lowest BCUT2D eigenvalue weighted by Crippen LogP contribution is -2.22. The van der Waals surface area contributed by atoms with Crippen molar-refractivity contribution in [2.24, 2.45) is 0 Å². The van der Waals surface area contributed by atoms with Crippen LogP contribution in [0.15, 0.2) is 4.52 Å². The summed E-state index contributed by atoms with van der Waals surface area (Å²) < 4.78 is 10.0. The zero-order chi connectivity index (χ0) is 13.0. The number of hydrogen-bond donors (Lipinski definition) is 0. The standard InChI is InChI=1S/C12H19N3O3/c1-3-17-11(16)6-7-15(2)8-10-13-12(14-18-10)9-4-5-9/h9H,3-8H2,1-2H3. The highest BCUT2D eigenvalue weighted by Gasteiger charge is 2.28. The zero-order valence-electron chi connectivity index (χ0n) is 10.9. The summed E-state index contributed by atoms with van der Waals surface area (Å²) in [6.45, 7) is 3.43. The molecule has 100 valence electrons. The summed E-state index contributed by atoms with van der Waals surface area (Å²) in [6.07, 6.45) is 2.71. The minimum absolute atomic E-state index is 0.173. The van der Waals surface area contributed by atoms with Crippen molar-refractivity contribution in [2.45, 2.75) is 38.6 Å². The van der Waals surface area contributed by atoms with Crippen molar-refractivity contribution in [1.82, 2.24) is 15.0 Å². The smallest absolute Gasteiger partial charge is 0.307 e. The minimum Gasteiger partial charge on any atom is -0.466 e. The third-order valence-corrected chi connectivity index (χ3v) is 2.83. The van der Waals surface area contributed by atoms with E-state index in [0.717, 1.165) is 18.7 Å². The van der Waals surface area contributed by atoms with Crippen LogP contribution in [0.4, 0.5) is 0 Å². The minimum atomic E-state index is -0.173. The van der Waals surface area contributed by atoms with Crippen molar-refractivity contribution in [3.63, 3.8) is 0 Å². The van der Waals surface area contributed by atoms with Crippen molar-refractivity contribution in [2.75, 3.05) is 20.2 Å². The van der Waals surface area contributed by atoms with Gasteiger partial charge in [0.1, 0.15) is 0 Å². The highest BCUT2D eigenvalue weighted by atomic mass is 16.5. The summed E-state index contributed by atoms with van der Waals surface area (Å²) in [6, 6.07) is 0. The first kappa shape index (κ1) is 13.0. The number of carbonyl (C=O) groups excluding carboxylic acids is 1. The summed E-state index contributed by atoms with van der Waals surface area (Å²) in [5, 5.41) is 3.95. The predicted molar refractivity (Wildman–Crippen MR) is 63.9 cm³/mol. The number of hydrogen-bond acceptors (Lipinski definition) is 6. The number of ether oxygens (including phenoxy) is 1. The van der Waals surface area contributed by atoms with E-state index in [1.54, 1.807) is 6.92 Å². The largest absolute Gasteiger partial charge is 0.466 e. The van der Waals surface area contributed by atoms with Crippen molar-refractivity contribution in [3.8, 4) is 0 Å². The summed E-state index contributed by atoms with van der Waals surface area (Å²) >= 11 is 0. The third kappa shape index (κ3) is 3.80. The molecule has 1 aliphatic carbocycles. The van der Waals surface area contributed by atoms with Gasteiger partial charge in [-0.3, -0.25) is 9.69 Å². The number of rotatable bonds is 7. The van der Waals surface area contributed by atoms with Gasteiger partial charge in [0.05, 0.1) is 19.6 Å². The van der Waals surface area contributed by atoms with Crippen LogP contribution in [0.25, 0.3) is 0 Å². The molecule has 1 heterocycles. The zero-order valence-corrected chi connectivity index (χ0v) is 10.9. The first-order valence-electron chi connectivity index (χ1n) is 6.35. The Kier molecular flexibility index (Phi) is 4.30. The van der Waals surface area contributed by atoms with Gasteiger partial charge in [-0.2, -0.15) is 4.98 Å². The second-order valence-corrected chi connectivity index (χ2v) is 4.61. The SMILES string of the molecule is CCOC(=O)CCN(C)Cc1nc(C2CC2)no1. The fourth-order valence-corrected chi connectivity index (χ4v) is 1.66. The van der Waals surface area contributed by atoms with Gasteiger partial charge in [0.15, 0.2) is 5.82 Å². The second-order valence-electron chi connectivity index (χ2n) is 4.61. The lowest BCUT2D eigenvalue weighted by atomic mass is 10.4. The molecule has 0 unspecified atom stereocenters. The average Bonchev–Trinajstić information content (AvgIpc) is 3.09. The first-order chi connectivity index (χ1) is 8.69. The number of esters is 1. The normalized spacial score (nSPS) is 15.1. The summed E-state index contributed by atoms with van der Waals surface area (Å²) in [5.41, 5.74) is 0. The van der Waals surface area contributed by atoms with Gasteiger partial charge in [0.2, 0.25) is 5.89 Å². The molecular weight excluding hydrogens is 234 g/mol. The van der Waals surface area contributed by atoms with Crippen LogP contribution in [-0.2, 0) is 16.1 Å². The molecule has 6 nitrogen and oxygen atoms in total. The van der Waals surface area contributed by atoms with Gasteiger partial charge in [0, 0.05) is 12.5 Å². The number of nitrogens with zero attached hydrogens (tertiary/aromatic N) is 3. The maximum Gasteiger partial charge on any atom is 0.307 e. The molecular formula is C12H19N3O3. The number of aromatic nitrogens is 2. The quantitative estimate of drug-likeness (QED) is 0.683. The second kappa shape index (κ2) is 5.95. The molecule has 0 bridgehead atoms. The van der Waals surface area contributed by atoms with Crippen LogP contribution < -0.4 is 0 Å². The van der Waals surface area contributed by atoms with E-state index in [9.17, 15) is 4.79 Å². The van der Waals surface area contributed by atoms with Gasteiger partial charge < -0.3 is 9.26 Å². The van der Waals surface area contributed by atoms with Gasteiger partial charge in [-0.25, -0.2) is 0 Å². The van der Waals surface area contributed by atoms with E-state index < -0.39 is 0 Å². The topological polar surface area (TPSA) is 68.5 Å². The van der Waals surface area contributed by atoms with Crippen molar-refractivity contribution >= 4 is 5.97 Å². The summed E-state index contributed by atoms with van der Waals surface area (Å²) in [4.78, 5) is 17.5. The molecule has 0 atom stereocenters. The van der Waals surface area contributed by atoms with Crippen molar-refractivity contribution in [3.05, 3.63) is 11.7 Å². The summed E-state index contributed by atoms with van der Waals surface area (Å²) in [5.74, 6) is 1.77. The van der Waals surface area contributed by atoms with Crippen LogP contribution in [-0.4, -0.2) is 41.2 Å². The van der Waals surface area contributed by atoms with Crippen LogP contribution in [0, 0.1) is 0 Å². The lowest BCUT2D eigenvalue weighted by molar-refractivity contribution is -0.143. The van der Waals surface area contributed by atoms with E-state index in [1.165, 1.54) is 0 Å². The third-order valence-electron chi connectivity index (χ3n) is 2.83.